The highest BCUT2D eigenvalue weighted by Crippen LogP contribution is 2.12. The second-order valence-electron chi connectivity index (χ2n) is 3.44. The molecule has 0 fully saturated rings. The first kappa shape index (κ1) is 14.3. The Kier molecular flexibility index (Phi) is 5.76. The molecule has 0 aliphatic rings. The fourth-order valence-corrected chi connectivity index (χ4v) is 2.04. The molecule has 0 bridgehead atoms. The Labute approximate surface area is 119 Å². The van der Waals surface area contributed by atoms with Gasteiger partial charge in [-0.2, -0.15) is 12.6 Å². The molecule has 17 heavy (non-hydrogen) atoms. The first-order valence-electron chi connectivity index (χ1n) is 4.97. The van der Waals surface area contributed by atoms with Gasteiger partial charge < -0.3 is 10.6 Å². The maximum Gasteiger partial charge on any atom is 0.247 e. The molecule has 0 heterocycles. The molecule has 0 spiro atoms. The first-order valence-corrected chi connectivity index (χ1v) is 6.68. The lowest BCUT2D eigenvalue weighted by Gasteiger charge is -2.15. The van der Waals surface area contributed by atoms with Crippen LogP contribution in [0.4, 0.5) is 5.69 Å². The van der Waals surface area contributed by atoms with Gasteiger partial charge in [-0.25, -0.2) is 0 Å². The van der Waals surface area contributed by atoms with Crippen molar-refractivity contribution in [1.29, 1.82) is 0 Å². The molecule has 1 aromatic rings. The minimum absolute atomic E-state index is 0.248. The van der Waals surface area contributed by atoms with Crippen molar-refractivity contribution in [3.05, 3.63) is 27.8 Å². The van der Waals surface area contributed by atoms with Gasteiger partial charge in [0.25, 0.3) is 0 Å². The summed E-state index contributed by atoms with van der Waals surface area (Å²) in [6.07, 6.45) is 0. The lowest BCUT2D eigenvalue weighted by molar-refractivity contribution is -0.124. The molecule has 1 aromatic carbocycles. The van der Waals surface area contributed by atoms with Crippen molar-refractivity contribution in [2.75, 3.05) is 11.1 Å². The summed E-state index contributed by atoms with van der Waals surface area (Å²) in [5.41, 5.74) is 0.707. The summed E-state index contributed by atoms with van der Waals surface area (Å²) in [7, 11) is 0. The molecule has 0 aliphatic heterocycles. The number of nitrogens with one attached hydrogen (secondary N) is 2. The lowest BCUT2D eigenvalue weighted by Crippen LogP contribution is -2.44. The molecule has 2 amide bonds. The van der Waals surface area contributed by atoms with E-state index >= 15 is 0 Å². The summed E-state index contributed by atoms with van der Waals surface area (Å²) < 4.78 is 1.03. The molecule has 6 heteroatoms. The van der Waals surface area contributed by atoms with Crippen LogP contribution in [0, 0.1) is 3.57 Å². The highest BCUT2D eigenvalue weighted by molar-refractivity contribution is 14.1. The molecule has 2 N–H and O–H groups in total. The van der Waals surface area contributed by atoms with E-state index < -0.39 is 6.04 Å². The van der Waals surface area contributed by atoms with E-state index in [0.29, 0.717) is 5.69 Å². The summed E-state index contributed by atoms with van der Waals surface area (Å²) in [4.78, 5) is 22.7. The van der Waals surface area contributed by atoms with Crippen LogP contribution >= 0.6 is 35.2 Å². The van der Waals surface area contributed by atoms with Crippen LogP contribution in [0.25, 0.3) is 0 Å². The van der Waals surface area contributed by atoms with Gasteiger partial charge in [0.15, 0.2) is 0 Å². The minimum Gasteiger partial charge on any atom is -0.344 e. The Balaban J connectivity index is 2.67. The van der Waals surface area contributed by atoms with Crippen molar-refractivity contribution >= 4 is 52.7 Å². The summed E-state index contributed by atoms with van der Waals surface area (Å²) in [6, 6.07) is 6.81. The topological polar surface area (TPSA) is 58.2 Å². The van der Waals surface area contributed by atoms with Gasteiger partial charge in [0.05, 0.1) is 0 Å². The Morgan fingerprint density at radius 1 is 1.47 bits per heavy atom. The van der Waals surface area contributed by atoms with Crippen LogP contribution in [-0.2, 0) is 9.59 Å². The van der Waals surface area contributed by atoms with Crippen molar-refractivity contribution in [3.63, 3.8) is 0 Å². The number of hydrogen-bond acceptors (Lipinski definition) is 3. The van der Waals surface area contributed by atoms with E-state index in [9.17, 15) is 9.59 Å². The molecule has 0 saturated heterocycles. The van der Waals surface area contributed by atoms with Crippen molar-refractivity contribution in [3.8, 4) is 0 Å². The summed E-state index contributed by atoms with van der Waals surface area (Å²) >= 11 is 6.20. The fourth-order valence-electron chi connectivity index (χ4n) is 1.24. The zero-order valence-electron chi connectivity index (χ0n) is 9.24. The quantitative estimate of drug-likeness (QED) is 0.562. The third-order valence-electron chi connectivity index (χ3n) is 1.97. The Morgan fingerprint density at radius 2 is 2.18 bits per heavy atom. The van der Waals surface area contributed by atoms with Crippen molar-refractivity contribution in [2.24, 2.45) is 0 Å². The van der Waals surface area contributed by atoms with Gasteiger partial charge in [0, 0.05) is 21.9 Å². The third-order valence-corrected chi connectivity index (χ3v) is 3.00. The summed E-state index contributed by atoms with van der Waals surface area (Å²) in [5, 5.41) is 5.27. The predicted octanol–water partition coefficient (Wildman–Crippen LogP) is 1.66. The number of hydrogen-bond donors (Lipinski definition) is 3. The first-order chi connectivity index (χ1) is 8.02. The van der Waals surface area contributed by atoms with Crippen LogP contribution in [0.5, 0.6) is 0 Å². The molecule has 0 aromatic heterocycles. The Bertz CT molecular complexity index is 426. The van der Waals surface area contributed by atoms with Gasteiger partial charge >= 0.3 is 0 Å². The second-order valence-corrected chi connectivity index (χ2v) is 5.05. The van der Waals surface area contributed by atoms with Gasteiger partial charge in [-0.3, -0.25) is 9.59 Å². The summed E-state index contributed by atoms with van der Waals surface area (Å²) in [6.45, 7) is 1.37. The van der Waals surface area contributed by atoms with Crippen LogP contribution in [0.1, 0.15) is 6.92 Å². The molecule has 1 unspecified atom stereocenters. The Hall–Kier alpha value is -0.760. The number of anilines is 1. The molecule has 0 saturated carbocycles. The van der Waals surface area contributed by atoms with Crippen molar-refractivity contribution in [1.82, 2.24) is 5.32 Å². The van der Waals surface area contributed by atoms with E-state index in [-0.39, 0.29) is 17.6 Å². The number of thiol groups is 1. The van der Waals surface area contributed by atoms with Crippen molar-refractivity contribution in [2.45, 2.75) is 13.0 Å². The molecular weight excluding hydrogens is 351 g/mol. The van der Waals surface area contributed by atoms with Crippen LogP contribution < -0.4 is 10.6 Å². The average molecular weight is 364 g/mol. The van der Waals surface area contributed by atoms with Crippen molar-refractivity contribution < 1.29 is 9.59 Å². The fraction of sp³-hybridized carbons (Fsp3) is 0.273. The van der Waals surface area contributed by atoms with Crippen LogP contribution in [0.3, 0.4) is 0 Å². The highest BCUT2D eigenvalue weighted by atomic mass is 127. The maximum absolute atomic E-state index is 11.8. The van der Waals surface area contributed by atoms with Gasteiger partial charge in [0.1, 0.15) is 6.04 Å². The smallest absolute Gasteiger partial charge is 0.247 e. The zero-order chi connectivity index (χ0) is 12.8. The van der Waals surface area contributed by atoms with Crippen LogP contribution in [0.15, 0.2) is 24.3 Å². The summed E-state index contributed by atoms with van der Waals surface area (Å²) in [5.74, 6) is -0.256. The highest BCUT2D eigenvalue weighted by Gasteiger charge is 2.17. The van der Waals surface area contributed by atoms with E-state index in [1.54, 1.807) is 6.07 Å². The van der Waals surface area contributed by atoms with Gasteiger partial charge in [-0.05, 0) is 40.8 Å². The number of amides is 2. The molecule has 1 rings (SSSR count). The third kappa shape index (κ3) is 4.95. The number of benzene rings is 1. The van der Waals surface area contributed by atoms with E-state index in [0.717, 1.165) is 3.57 Å². The number of halogens is 1. The molecule has 4 nitrogen and oxygen atoms in total. The van der Waals surface area contributed by atoms with E-state index in [1.165, 1.54) is 6.92 Å². The average Bonchev–Trinajstić information content (AvgIpc) is 2.25. The van der Waals surface area contributed by atoms with E-state index in [2.05, 4.69) is 45.9 Å². The lowest BCUT2D eigenvalue weighted by atomic mass is 10.2. The maximum atomic E-state index is 11.8. The van der Waals surface area contributed by atoms with Crippen LogP contribution in [-0.4, -0.2) is 23.6 Å². The molecule has 1 atom stereocenters. The SMILES string of the molecule is CC(=O)NC(CS)C(=O)Nc1cccc(I)c1. The molecular formula is C11H13IN2O2S. The predicted molar refractivity (Wildman–Crippen MR) is 79.2 cm³/mol. The molecule has 92 valence electrons. The largest absolute Gasteiger partial charge is 0.344 e. The Morgan fingerprint density at radius 3 is 2.71 bits per heavy atom. The standard InChI is InChI=1S/C11H13IN2O2S/c1-7(15)13-10(6-17)11(16)14-9-4-2-3-8(12)5-9/h2-5,10,17H,6H2,1H3,(H,13,15)(H,14,16). The van der Waals surface area contributed by atoms with Crippen LogP contribution in [0.2, 0.25) is 0 Å². The monoisotopic (exact) mass is 364 g/mol. The normalized spacial score (nSPS) is 11.7. The number of carbonyl (C=O) groups excluding carboxylic acids is 2. The van der Waals surface area contributed by atoms with E-state index in [4.69, 9.17) is 0 Å². The van der Waals surface area contributed by atoms with Gasteiger partial charge in [0.2, 0.25) is 11.8 Å². The number of rotatable bonds is 4. The zero-order valence-corrected chi connectivity index (χ0v) is 12.3. The molecule has 0 radical (unpaired) electrons. The molecule has 0 aliphatic carbocycles. The second kappa shape index (κ2) is 6.85. The minimum atomic E-state index is -0.617. The number of carbonyl (C=O) groups is 2. The van der Waals surface area contributed by atoms with E-state index in [1.807, 2.05) is 18.2 Å². The van der Waals surface area contributed by atoms with Gasteiger partial charge in [-0.15, -0.1) is 0 Å². The van der Waals surface area contributed by atoms with Gasteiger partial charge in [-0.1, -0.05) is 6.07 Å².